The molecule has 2 rings (SSSR count). The molecule has 0 radical (unpaired) electrons. The van der Waals surface area contributed by atoms with Crippen molar-refractivity contribution in [1.82, 2.24) is 15.0 Å². The van der Waals surface area contributed by atoms with Crippen LogP contribution in [0.2, 0.25) is 13.3 Å². The van der Waals surface area contributed by atoms with Gasteiger partial charge in [0.1, 0.15) is 0 Å². The normalized spacial score (nSPS) is 11.9. The van der Waals surface area contributed by atoms with Crippen LogP contribution in [0.15, 0.2) is 29.8 Å². The molecular weight excluding hydrogens is 425 g/mol. The van der Waals surface area contributed by atoms with Crippen molar-refractivity contribution in [3.05, 3.63) is 29.8 Å². The van der Waals surface area contributed by atoms with Gasteiger partial charge in [0.05, 0.1) is 0 Å². The fraction of sp³-hybridized carbons (Fsp3) is 0.636. The van der Waals surface area contributed by atoms with Gasteiger partial charge in [0.15, 0.2) is 0 Å². The second-order valence-corrected chi connectivity index (χ2v) is 20.9. The number of hydrogen-bond donors (Lipinski definition) is 0. The van der Waals surface area contributed by atoms with Crippen molar-refractivity contribution >= 4 is 33.1 Å². The maximum atomic E-state index is 4.67. The summed E-state index contributed by atoms with van der Waals surface area (Å²) in [7, 11) is 0. The minimum atomic E-state index is -2.57. The van der Waals surface area contributed by atoms with Gasteiger partial charge in [-0.05, 0) is 0 Å². The second kappa shape index (κ2) is 10.5. The van der Waals surface area contributed by atoms with Gasteiger partial charge in [0.2, 0.25) is 0 Å². The van der Waals surface area contributed by atoms with Crippen LogP contribution >= 0.6 is 0 Å². The molecule has 0 amide bonds. The summed E-state index contributed by atoms with van der Waals surface area (Å²) in [4.78, 5) is 0. The van der Waals surface area contributed by atoms with Crippen LogP contribution < -0.4 is 0 Å². The summed E-state index contributed by atoms with van der Waals surface area (Å²) in [6, 6.07) is 8.45. The van der Waals surface area contributed by atoms with Crippen LogP contribution in [0.4, 0.5) is 0 Å². The molecule has 0 atom stereocenters. The first-order valence-electron chi connectivity index (χ1n) is 10.6. The van der Waals surface area contributed by atoms with Crippen molar-refractivity contribution in [1.29, 1.82) is 0 Å². The zero-order valence-corrected chi connectivity index (χ0v) is 20.4. The van der Waals surface area contributed by atoms with E-state index in [1.165, 1.54) is 62.9 Å². The third-order valence-corrected chi connectivity index (χ3v) is 21.7. The van der Waals surface area contributed by atoms with Crippen LogP contribution in [0, 0.1) is 0 Å². The van der Waals surface area contributed by atoms with Crippen LogP contribution in [0.5, 0.6) is 0 Å². The molecule has 1 heterocycles. The van der Waals surface area contributed by atoms with Gasteiger partial charge < -0.3 is 0 Å². The Morgan fingerprint density at radius 1 is 0.885 bits per heavy atom. The van der Waals surface area contributed by atoms with Gasteiger partial charge in [0.25, 0.3) is 0 Å². The van der Waals surface area contributed by atoms with Crippen LogP contribution in [0.1, 0.15) is 73.1 Å². The molecule has 0 fully saturated rings. The summed E-state index contributed by atoms with van der Waals surface area (Å²) in [5.41, 5.74) is 3.68. The maximum absolute atomic E-state index is 4.67. The molecule has 0 aliphatic heterocycles. The van der Waals surface area contributed by atoms with Gasteiger partial charge in [-0.2, -0.15) is 0 Å². The summed E-state index contributed by atoms with van der Waals surface area (Å²) >= 11 is -2.57. The Bertz CT molecular complexity index is 691. The number of fused-ring (bicyclic) bond motifs is 1. The second-order valence-electron chi connectivity index (χ2n) is 7.93. The number of para-hydroxylation sites is 1. The molecule has 0 spiro atoms. The van der Waals surface area contributed by atoms with Gasteiger partial charge in [-0.3, -0.25) is 0 Å². The van der Waals surface area contributed by atoms with Crippen molar-refractivity contribution in [3.63, 3.8) is 0 Å². The Balaban J connectivity index is 2.60. The summed E-state index contributed by atoms with van der Waals surface area (Å²) in [5, 5.41) is 9.16. The van der Waals surface area contributed by atoms with E-state index in [-0.39, 0.29) is 0 Å². The first kappa shape index (κ1) is 21.5. The molecular formula is C22H37N3Sn. The Morgan fingerprint density at radius 3 is 1.92 bits per heavy atom. The fourth-order valence-electron chi connectivity index (χ4n) is 4.28. The Hall–Kier alpha value is -0.841. The molecule has 0 aliphatic carbocycles. The SMILES string of the molecule is CCC[CH2][Sn]([CH2]CCC)([CH2]CCC)[C](=C(C)C)n1nnc2ccccc21. The Labute approximate surface area is 164 Å². The summed E-state index contributed by atoms with van der Waals surface area (Å²) in [5.74, 6) is 0. The molecule has 144 valence electrons. The number of aromatic nitrogens is 3. The zero-order chi connectivity index (χ0) is 19.0. The third-order valence-electron chi connectivity index (χ3n) is 5.57. The van der Waals surface area contributed by atoms with E-state index in [0.717, 1.165) is 5.52 Å². The van der Waals surface area contributed by atoms with Crippen molar-refractivity contribution in [3.8, 4) is 0 Å². The number of unbranched alkanes of at least 4 members (excludes halogenated alkanes) is 3. The predicted molar refractivity (Wildman–Crippen MR) is 117 cm³/mol. The molecule has 0 N–H and O–H groups in total. The van der Waals surface area contributed by atoms with E-state index in [1.54, 1.807) is 3.71 Å². The summed E-state index contributed by atoms with van der Waals surface area (Å²) in [6.07, 6.45) is 7.99. The topological polar surface area (TPSA) is 30.7 Å². The Kier molecular flexibility index (Phi) is 8.65. The van der Waals surface area contributed by atoms with Crippen molar-refractivity contribution in [2.75, 3.05) is 0 Å². The summed E-state index contributed by atoms with van der Waals surface area (Å²) < 4.78 is 8.24. The molecule has 3 nitrogen and oxygen atoms in total. The average molecular weight is 462 g/mol. The molecule has 1 aromatic heterocycles. The molecule has 0 saturated heterocycles. The average Bonchev–Trinajstić information content (AvgIpc) is 3.06. The first-order valence-corrected chi connectivity index (χ1v) is 18.1. The predicted octanol–water partition coefficient (Wildman–Crippen LogP) is 7.07. The number of rotatable bonds is 11. The van der Waals surface area contributed by atoms with E-state index in [4.69, 9.17) is 0 Å². The van der Waals surface area contributed by atoms with Crippen molar-refractivity contribution in [2.24, 2.45) is 0 Å². The minimum absolute atomic E-state index is 1.02. The van der Waals surface area contributed by atoms with Crippen molar-refractivity contribution < 1.29 is 0 Å². The molecule has 0 unspecified atom stereocenters. The molecule has 0 aliphatic rings. The van der Waals surface area contributed by atoms with Crippen LogP contribution in [0.25, 0.3) is 14.7 Å². The van der Waals surface area contributed by atoms with Crippen LogP contribution in [0.3, 0.4) is 0 Å². The molecule has 0 bridgehead atoms. The molecule has 26 heavy (non-hydrogen) atoms. The monoisotopic (exact) mass is 463 g/mol. The van der Waals surface area contributed by atoms with E-state index in [9.17, 15) is 0 Å². The number of benzene rings is 1. The van der Waals surface area contributed by atoms with Crippen LogP contribution in [-0.4, -0.2) is 33.4 Å². The third kappa shape index (κ3) is 4.90. The van der Waals surface area contributed by atoms with E-state index in [1.807, 2.05) is 0 Å². The first-order chi connectivity index (χ1) is 12.6. The molecule has 4 heteroatoms. The fourth-order valence-corrected chi connectivity index (χ4v) is 22.0. The van der Waals surface area contributed by atoms with Gasteiger partial charge in [-0.1, -0.05) is 0 Å². The standard InChI is InChI=1S/C10H10N3.3C4H9.Sn/c1-8(2)7-13-10-6-4-3-5-9(10)11-12-13;3*1-3-4-2;/h3-6H,1-2H3;3*1,3-4H2,2H3;. The number of hydrogen-bond acceptors (Lipinski definition) is 2. The van der Waals surface area contributed by atoms with E-state index < -0.39 is 18.4 Å². The van der Waals surface area contributed by atoms with Gasteiger partial charge in [-0.15, -0.1) is 0 Å². The number of nitrogens with zero attached hydrogens (tertiary/aromatic N) is 3. The number of allylic oxidation sites excluding steroid dienone is 1. The summed E-state index contributed by atoms with van der Waals surface area (Å²) in [6.45, 7) is 11.6. The Morgan fingerprint density at radius 2 is 1.42 bits per heavy atom. The zero-order valence-electron chi connectivity index (χ0n) is 17.5. The van der Waals surface area contributed by atoms with Gasteiger partial charge in [-0.25, -0.2) is 0 Å². The molecule has 0 saturated carbocycles. The van der Waals surface area contributed by atoms with E-state index >= 15 is 0 Å². The quantitative estimate of drug-likeness (QED) is 0.335. The van der Waals surface area contributed by atoms with Crippen molar-refractivity contribution in [2.45, 2.75) is 86.5 Å². The van der Waals surface area contributed by atoms with Crippen LogP contribution in [-0.2, 0) is 0 Å². The van der Waals surface area contributed by atoms with E-state index in [2.05, 4.69) is 73.9 Å². The van der Waals surface area contributed by atoms with Gasteiger partial charge in [0, 0.05) is 0 Å². The molecule has 2 aromatic rings. The van der Waals surface area contributed by atoms with Gasteiger partial charge >= 0.3 is 164 Å². The van der Waals surface area contributed by atoms with E-state index in [0.29, 0.717) is 0 Å². The molecule has 1 aromatic carbocycles.